The van der Waals surface area contributed by atoms with E-state index in [1.54, 1.807) is 18.3 Å². The van der Waals surface area contributed by atoms with Crippen LogP contribution in [0, 0.1) is 6.92 Å². The van der Waals surface area contributed by atoms with Gasteiger partial charge in [-0.2, -0.15) is 5.10 Å². The van der Waals surface area contributed by atoms with Crippen molar-refractivity contribution >= 4 is 33.0 Å². The van der Waals surface area contributed by atoms with Crippen molar-refractivity contribution in [3.8, 4) is 0 Å². The van der Waals surface area contributed by atoms with E-state index in [1.807, 2.05) is 33.7 Å². The van der Waals surface area contributed by atoms with Gasteiger partial charge in [-0.1, -0.05) is 12.8 Å². The lowest BCUT2D eigenvalue weighted by molar-refractivity contribution is -0.134. The summed E-state index contributed by atoms with van der Waals surface area (Å²) in [6.45, 7) is 5.21. The molecule has 0 saturated carbocycles. The van der Waals surface area contributed by atoms with Crippen molar-refractivity contribution in [2.75, 3.05) is 13.1 Å². The Balaban J connectivity index is 1.76. The fourth-order valence-electron chi connectivity index (χ4n) is 3.72. The number of carbonyl (C=O) groups is 1. The van der Waals surface area contributed by atoms with Crippen LogP contribution in [-0.4, -0.2) is 38.1 Å². The van der Waals surface area contributed by atoms with E-state index in [-0.39, 0.29) is 11.5 Å². The average molecular weight is 358 g/mol. The third kappa shape index (κ3) is 2.66. The second-order valence-corrected chi connectivity index (χ2v) is 7.70. The SMILES string of the molecule is Cc1nn(C(C)C(=O)N2CCCCCC2)c(=O)c2cc3sccc3n12. The van der Waals surface area contributed by atoms with Crippen molar-refractivity contribution in [3.63, 3.8) is 0 Å². The second kappa shape index (κ2) is 6.29. The molecule has 132 valence electrons. The van der Waals surface area contributed by atoms with E-state index in [1.165, 1.54) is 17.5 Å². The number of hydrogen-bond donors (Lipinski definition) is 0. The third-order valence-corrected chi connectivity index (χ3v) is 5.92. The smallest absolute Gasteiger partial charge is 0.291 e. The molecule has 0 N–H and O–H groups in total. The van der Waals surface area contributed by atoms with Gasteiger partial charge in [0.1, 0.15) is 17.4 Å². The maximum absolute atomic E-state index is 13.0. The highest BCUT2D eigenvalue weighted by Crippen LogP contribution is 2.25. The Morgan fingerprint density at radius 2 is 1.92 bits per heavy atom. The van der Waals surface area contributed by atoms with E-state index in [9.17, 15) is 9.59 Å². The lowest BCUT2D eigenvalue weighted by Gasteiger charge is -2.24. The molecule has 1 aliphatic rings. The van der Waals surface area contributed by atoms with E-state index >= 15 is 0 Å². The Kier molecular flexibility index (Phi) is 4.11. The number of nitrogens with zero attached hydrogens (tertiary/aromatic N) is 4. The molecule has 0 bridgehead atoms. The first-order valence-corrected chi connectivity index (χ1v) is 9.73. The molecule has 3 aromatic rings. The average Bonchev–Trinajstić information content (AvgIpc) is 3.08. The maximum Gasteiger partial charge on any atom is 0.291 e. The molecule has 4 heterocycles. The van der Waals surface area contributed by atoms with Crippen LogP contribution in [0.15, 0.2) is 22.3 Å². The molecule has 6 nitrogen and oxygen atoms in total. The van der Waals surface area contributed by atoms with Crippen LogP contribution in [0.2, 0.25) is 0 Å². The van der Waals surface area contributed by atoms with Crippen molar-refractivity contribution in [3.05, 3.63) is 33.7 Å². The van der Waals surface area contributed by atoms with Crippen molar-refractivity contribution < 1.29 is 4.79 Å². The molecule has 0 aromatic carbocycles. The normalized spacial score (nSPS) is 17.1. The molecule has 1 saturated heterocycles. The summed E-state index contributed by atoms with van der Waals surface area (Å²) in [4.78, 5) is 27.7. The van der Waals surface area contributed by atoms with Crippen LogP contribution in [0.5, 0.6) is 0 Å². The Hall–Kier alpha value is -2.15. The van der Waals surface area contributed by atoms with Gasteiger partial charge in [-0.15, -0.1) is 11.3 Å². The largest absolute Gasteiger partial charge is 0.341 e. The zero-order valence-corrected chi connectivity index (χ0v) is 15.4. The minimum atomic E-state index is -0.581. The lowest BCUT2D eigenvalue weighted by atomic mass is 10.2. The van der Waals surface area contributed by atoms with Gasteiger partial charge >= 0.3 is 0 Å². The van der Waals surface area contributed by atoms with Crippen molar-refractivity contribution in [1.82, 2.24) is 19.1 Å². The fraction of sp³-hybridized carbons (Fsp3) is 0.500. The summed E-state index contributed by atoms with van der Waals surface area (Å²) in [5, 5.41) is 6.47. The number of aryl methyl sites for hydroxylation is 1. The van der Waals surface area contributed by atoms with Gasteiger partial charge in [-0.05, 0) is 44.2 Å². The Labute approximate surface area is 149 Å². The molecule has 1 unspecified atom stereocenters. The van der Waals surface area contributed by atoms with Crippen molar-refractivity contribution in [2.24, 2.45) is 0 Å². The summed E-state index contributed by atoms with van der Waals surface area (Å²) >= 11 is 1.60. The van der Waals surface area contributed by atoms with Gasteiger partial charge in [0, 0.05) is 13.1 Å². The molecule has 0 aliphatic carbocycles. The highest BCUT2D eigenvalue weighted by molar-refractivity contribution is 7.17. The number of rotatable bonds is 2. The predicted molar refractivity (Wildman–Crippen MR) is 99.3 cm³/mol. The summed E-state index contributed by atoms with van der Waals surface area (Å²) in [5.41, 5.74) is 1.38. The molecule has 25 heavy (non-hydrogen) atoms. The number of amides is 1. The number of thiophene rings is 1. The van der Waals surface area contributed by atoms with Crippen LogP contribution < -0.4 is 5.56 Å². The van der Waals surface area contributed by atoms with Crippen LogP contribution in [0.4, 0.5) is 0 Å². The third-order valence-electron chi connectivity index (χ3n) is 5.07. The van der Waals surface area contributed by atoms with E-state index in [4.69, 9.17) is 0 Å². The summed E-state index contributed by atoms with van der Waals surface area (Å²) in [6, 6.07) is 3.32. The lowest BCUT2D eigenvalue weighted by Crippen LogP contribution is -2.41. The fourth-order valence-corrected chi connectivity index (χ4v) is 4.52. The monoisotopic (exact) mass is 358 g/mol. The number of carbonyl (C=O) groups excluding carboxylic acids is 1. The molecule has 0 radical (unpaired) electrons. The van der Waals surface area contributed by atoms with E-state index in [2.05, 4.69) is 5.10 Å². The molecule has 0 spiro atoms. The summed E-state index contributed by atoms with van der Waals surface area (Å²) in [6.07, 6.45) is 4.41. The second-order valence-electron chi connectivity index (χ2n) is 6.75. The maximum atomic E-state index is 13.0. The van der Waals surface area contributed by atoms with Gasteiger partial charge in [-0.25, -0.2) is 4.68 Å². The Morgan fingerprint density at radius 3 is 2.64 bits per heavy atom. The van der Waals surface area contributed by atoms with Gasteiger partial charge in [0.2, 0.25) is 5.91 Å². The van der Waals surface area contributed by atoms with Gasteiger partial charge in [0.05, 0.1) is 10.2 Å². The minimum Gasteiger partial charge on any atom is -0.341 e. The van der Waals surface area contributed by atoms with E-state index in [0.29, 0.717) is 5.52 Å². The molecule has 1 fully saturated rings. The van der Waals surface area contributed by atoms with Crippen molar-refractivity contribution in [1.29, 1.82) is 0 Å². The Bertz CT molecular complexity index is 992. The predicted octanol–water partition coefficient (Wildman–Crippen LogP) is 2.98. The van der Waals surface area contributed by atoms with Crippen LogP contribution in [0.25, 0.3) is 15.7 Å². The summed E-state index contributed by atoms with van der Waals surface area (Å²) < 4.78 is 4.31. The molecular weight excluding hydrogens is 336 g/mol. The first kappa shape index (κ1) is 16.3. The summed E-state index contributed by atoms with van der Waals surface area (Å²) in [5.74, 6) is 0.715. The zero-order valence-electron chi connectivity index (χ0n) is 14.6. The quantitative estimate of drug-likeness (QED) is 0.708. The van der Waals surface area contributed by atoms with Gasteiger partial charge in [0.15, 0.2) is 0 Å². The highest BCUT2D eigenvalue weighted by atomic mass is 32.1. The highest BCUT2D eigenvalue weighted by Gasteiger charge is 2.25. The van der Waals surface area contributed by atoms with Gasteiger partial charge in [0.25, 0.3) is 5.56 Å². The molecule has 1 aliphatic heterocycles. The molecule has 3 aromatic heterocycles. The van der Waals surface area contributed by atoms with Crippen LogP contribution in [0.3, 0.4) is 0 Å². The van der Waals surface area contributed by atoms with Crippen LogP contribution in [-0.2, 0) is 4.79 Å². The van der Waals surface area contributed by atoms with Crippen LogP contribution >= 0.6 is 11.3 Å². The number of hydrogen-bond acceptors (Lipinski definition) is 4. The molecule has 4 rings (SSSR count). The molecule has 7 heteroatoms. The van der Waals surface area contributed by atoms with Gasteiger partial charge < -0.3 is 4.90 Å². The Morgan fingerprint density at radius 1 is 1.20 bits per heavy atom. The molecule has 1 atom stereocenters. The number of aromatic nitrogens is 3. The standard InChI is InChI=1S/C18H22N4O2S/c1-12(17(23)20-8-5-3-4-6-9-20)22-18(24)15-11-16-14(7-10-25-16)21(15)13(2)19-22/h7,10-12H,3-6,8-9H2,1-2H3. The molecule has 1 amide bonds. The molecular formula is C18H22N4O2S. The van der Waals surface area contributed by atoms with Crippen molar-refractivity contribution in [2.45, 2.75) is 45.6 Å². The van der Waals surface area contributed by atoms with Crippen LogP contribution in [0.1, 0.15) is 44.5 Å². The minimum absolute atomic E-state index is 0.00591. The number of likely N-dealkylation sites (tertiary alicyclic amines) is 1. The first-order chi connectivity index (χ1) is 12.1. The van der Waals surface area contributed by atoms with E-state index in [0.717, 1.165) is 42.0 Å². The topological polar surface area (TPSA) is 59.6 Å². The van der Waals surface area contributed by atoms with Gasteiger partial charge in [-0.3, -0.25) is 14.0 Å². The zero-order chi connectivity index (χ0) is 17.6. The van der Waals surface area contributed by atoms with E-state index < -0.39 is 6.04 Å². The summed E-state index contributed by atoms with van der Waals surface area (Å²) in [7, 11) is 0. The number of fused-ring (bicyclic) bond motifs is 3. The first-order valence-electron chi connectivity index (χ1n) is 8.85.